The van der Waals surface area contributed by atoms with Crippen LogP contribution < -0.4 is 5.32 Å². The van der Waals surface area contributed by atoms with Gasteiger partial charge in [-0.2, -0.15) is 0 Å². The molecule has 1 saturated heterocycles. The zero-order valence-corrected chi connectivity index (χ0v) is 12.1. The average molecular weight is 287 g/mol. The maximum absolute atomic E-state index is 12.0. The highest BCUT2D eigenvalue weighted by atomic mass is 16.6. The molecule has 0 amide bonds. The largest absolute Gasteiger partial charge is 0.497 e. The summed E-state index contributed by atoms with van der Waals surface area (Å²) < 4.78 is 10.8. The molecule has 0 unspecified atom stereocenters. The van der Waals surface area contributed by atoms with Crippen molar-refractivity contribution in [3.63, 3.8) is 0 Å². The first-order valence-electron chi connectivity index (χ1n) is 7.15. The molecule has 112 valence electrons. The van der Waals surface area contributed by atoms with Crippen molar-refractivity contribution >= 4 is 5.97 Å². The van der Waals surface area contributed by atoms with Crippen LogP contribution in [0.1, 0.15) is 18.4 Å². The number of benzene rings is 1. The Morgan fingerprint density at radius 2 is 2.00 bits per heavy atom. The predicted octanol–water partition coefficient (Wildman–Crippen LogP) is 2.52. The molecule has 2 rings (SSSR count). The van der Waals surface area contributed by atoms with E-state index in [0.29, 0.717) is 6.61 Å². The first kappa shape index (κ1) is 15.3. The number of piperidine rings is 1. The van der Waals surface area contributed by atoms with Crippen molar-refractivity contribution in [1.29, 1.82) is 0 Å². The molecular weight excluding hydrogens is 266 g/mol. The van der Waals surface area contributed by atoms with Crippen molar-refractivity contribution in [2.45, 2.75) is 18.4 Å². The SMILES string of the molecule is C=CCO/C=C/C(=O)OC1(c2ccccc2)CCNCC1. The second-order valence-electron chi connectivity index (χ2n) is 4.96. The summed E-state index contributed by atoms with van der Waals surface area (Å²) in [7, 11) is 0. The fourth-order valence-electron chi connectivity index (χ4n) is 2.48. The molecule has 0 atom stereocenters. The van der Waals surface area contributed by atoms with E-state index in [1.54, 1.807) is 6.08 Å². The minimum atomic E-state index is -0.549. The highest BCUT2D eigenvalue weighted by Gasteiger charge is 2.37. The van der Waals surface area contributed by atoms with Crippen LogP contribution in [0.5, 0.6) is 0 Å². The molecule has 1 aliphatic rings. The third kappa shape index (κ3) is 4.20. The van der Waals surface area contributed by atoms with Gasteiger partial charge in [0.05, 0.1) is 12.3 Å². The van der Waals surface area contributed by atoms with Gasteiger partial charge in [-0.3, -0.25) is 0 Å². The Balaban J connectivity index is 2.08. The van der Waals surface area contributed by atoms with Crippen LogP contribution in [0.3, 0.4) is 0 Å². The van der Waals surface area contributed by atoms with E-state index in [1.165, 1.54) is 12.3 Å². The van der Waals surface area contributed by atoms with Crippen molar-refractivity contribution in [3.8, 4) is 0 Å². The molecule has 0 aromatic heterocycles. The fraction of sp³-hybridized carbons (Fsp3) is 0.353. The Labute approximate surface area is 125 Å². The summed E-state index contributed by atoms with van der Waals surface area (Å²) >= 11 is 0. The molecule has 0 saturated carbocycles. The lowest BCUT2D eigenvalue weighted by molar-refractivity contribution is -0.158. The van der Waals surface area contributed by atoms with Gasteiger partial charge in [-0.15, -0.1) is 0 Å². The number of hydrogen-bond acceptors (Lipinski definition) is 4. The van der Waals surface area contributed by atoms with Crippen LogP contribution in [0.4, 0.5) is 0 Å². The highest BCUT2D eigenvalue weighted by Crippen LogP contribution is 2.34. The minimum Gasteiger partial charge on any atom is -0.497 e. The first-order valence-corrected chi connectivity index (χ1v) is 7.15. The van der Waals surface area contributed by atoms with Gasteiger partial charge in [0.2, 0.25) is 0 Å². The van der Waals surface area contributed by atoms with Gasteiger partial charge in [0, 0.05) is 12.8 Å². The summed E-state index contributed by atoms with van der Waals surface area (Å²) in [6, 6.07) is 9.92. The molecule has 0 spiro atoms. The van der Waals surface area contributed by atoms with E-state index in [4.69, 9.17) is 9.47 Å². The van der Waals surface area contributed by atoms with Gasteiger partial charge >= 0.3 is 5.97 Å². The second-order valence-corrected chi connectivity index (χ2v) is 4.96. The average Bonchev–Trinajstić information content (AvgIpc) is 2.53. The van der Waals surface area contributed by atoms with Crippen molar-refractivity contribution in [2.24, 2.45) is 0 Å². The zero-order valence-electron chi connectivity index (χ0n) is 12.1. The standard InChI is InChI=1S/C17H21NO3/c1-2-13-20-14-8-16(19)21-17(9-11-18-12-10-17)15-6-4-3-5-7-15/h2-8,14,18H,1,9-13H2/b14-8+. The lowest BCUT2D eigenvalue weighted by Gasteiger charge is -2.37. The molecule has 0 aliphatic carbocycles. The van der Waals surface area contributed by atoms with E-state index in [1.807, 2.05) is 30.3 Å². The van der Waals surface area contributed by atoms with Gasteiger partial charge in [0.1, 0.15) is 12.2 Å². The van der Waals surface area contributed by atoms with E-state index in [-0.39, 0.29) is 5.97 Å². The number of hydrogen-bond donors (Lipinski definition) is 1. The summed E-state index contributed by atoms with van der Waals surface area (Å²) in [6.45, 7) is 5.58. The molecule has 1 aromatic carbocycles. The number of rotatable bonds is 6. The van der Waals surface area contributed by atoms with E-state index in [0.717, 1.165) is 31.5 Å². The number of ether oxygens (including phenoxy) is 2. The summed E-state index contributed by atoms with van der Waals surface area (Å²) in [6.07, 6.45) is 5.82. The molecule has 4 nitrogen and oxygen atoms in total. The normalized spacial score (nSPS) is 17.3. The lowest BCUT2D eigenvalue weighted by Crippen LogP contribution is -2.42. The quantitative estimate of drug-likeness (QED) is 0.287. The molecule has 1 aromatic rings. The van der Waals surface area contributed by atoms with Crippen LogP contribution in [0.2, 0.25) is 0 Å². The van der Waals surface area contributed by atoms with Gasteiger partial charge in [-0.1, -0.05) is 43.0 Å². The zero-order chi connectivity index (χ0) is 15.0. The third-order valence-corrected chi connectivity index (χ3v) is 3.52. The van der Waals surface area contributed by atoms with Gasteiger partial charge in [-0.25, -0.2) is 4.79 Å². The molecule has 21 heavy (non-hydrogen) atoms. The van der Waals surface area contributed by atoms with Crippen LogP contribution in [0.15, 0.2) is 55.3 Å². The fourth-order valence-corrected chi connectivity index (χ4v) is 2.48. The Hall–Kier alpha value is -2.07. The minimum absolute atomic E-state index is 0.373. The monoisotopic (exact) mass is 287 g/mol. The molecule has 4 heteroatoms. The molecule has 1 heterocycles. The maximum Gasteiger partial charge on any atom is 0.334 e. The van der Waals surface area contributed by atoms with E-state index < -0.39 is 5.60 Å². The van der Waals surface area contributed by atoms with Crippen molar-refractivity contribution in [3.05, 3.63) is 60.9 Å². The summed E-state index contributed by atoms with van der Waals surface area (Å²) in [5.74, 6) is -0.384. The summed E-state index contributed by atoms with van der Waals surface area (Å²) in [4.78, 5) is 12.0. The molecule has 0 radical (unpaired) electrons. The van der Waals surface area contributed by atoms with Gasteiger partial charge in [0.15, 0.2) is 0 Å². The molecular formula is C17H21NO3. The molecule has 0 bridgehead atoms. The highest BCUT2D eigenvalue weighted by molar-refractivity contribution is 5.82. The van der Waals surface area contributed by atoms with Gasteiger partial charge < -0.3 is 14.8 Å². The van der Waals surface area contributed by atoms with Gasteiger partial charge in [0.25, 0.3) is 0 Å². The Kier molecular flexibility index (Phi) is 5.58. The molecule has 1 fully saturated rings. The Bertz CT molecular complexity index is 490. The topological polar surface area (TPSA) is 47.6 Å². The number of esters is 1. The summed E-state index contributed by atoms with van der Waals surface area (Å²) in [5.41, 5.74) is 0.493. The van der Waals surface area contributed by atoms with Crippen LogP contribution in [0, 0.1) is 0 Å². The van der Waals surface area contributed by atoms with Crippen LogP contribution >= 0.6 is 0 Å². The van der Waals surface area contributed by atoms with E-state index in [2.05, 4.69) is 11.9 Å². The predicted molar refractivity (Wildman–Crippen MR) is 81.6 cm³/mol. The van der Waals surface area contributed by atoms with Crippen LogP contribution in [-0.4, -0.2) is 25.7 Å². The van der Waals surface area contributed by atoms with E-state index in [9.17, 15) is 4.79 Å². The number of carbonyl (C=O) groups excluding carboxylic acids is 1. The number of nitrogens with one attached hydrogen (secondary N) is 1. The Morgan fingerprint density at radius 3 is 2.67 bits per heavy atom. The van der Waals surface area contributed by atoms with Gasteiger partial charge in [-0.05, 0) is 18.7 Å². The Morgan fingerprint density at radius 1 is 1.29 bits per heavy atom. The lowest BCUT2D eigenvalue weighted by atomic mass is 9.85. The second kappa shape index (κ2) is 7.64. The number of carbonyl (C=O) groups is 1. The smallest absolute Gasteiger partial charge is 0.334 e. The maximum atomic E-state index is 12.0. The first-order chi connectivity index (χ1) is 10.3. The van der Waals surface area contributed by atoms with E-state index >= 15 is 0 Å². The molecule has 1 aliphatic heterocycles. The van der Waals surface area contributed by atoms with Crippen LogP contribution in [0.25, 0.3) is 0 Å². The van der Waals surface area contributed by atoms with Crippen molar-refractivity contribution < 1.29 is 14.3 Å². The summed E-state index contributed by atoms with van der Waals surface area (Å²) in [5, 5.41) is 3.30. The van der Waals surface area contributed by atoms with Crippen LogP contribution in [-0.2, 0) is 19.9 Å². The molecule has 1 N–H and O–H groups in total. The third-order valence-electron chi connectivity index (χ3n) is 3.52. The van der Waals surface area contributed by atoms with Crippen molar-refractivity contribution in [1.82, 2.24) is 5.32 Å². The van der Waals surface area contributed by atoms with Crippen molar-refractivity contribution in [2.75, 3.05) is 19.7 Å².